The average molecular weight is 270 g/mol. The summed E-state index contributed by atoms with van der Waals surface area (Å²) >= 11 is 0. The van der Waals surface area contributed by atoms with Crippen LogP contribution in [0, 0.1) is 0 Å². The molecule has 0 amide bonds. The third-order valence-corrected chi connectivity index (χ3v) is 3.26. The van der Waals surface area contributed by atoms with Gasteiger partial charge in [-0.25, -0.2) is 0 Å². The summed E-state index contributed by atoms with van der Waals surface area (Å²) < 4.78 is 0. The van der Waals surface area contributed by atoms with Crippen molar-refractivity contribution in [2.75, 3.05) is 6.54 Å². The molecule has 20 heavy (non-hydrogen) atoms. The molecule has 4 nitrogen and oxygen atoms in total. The maximum atomic E-state index is 11.4. The van der Waals surface area contributed by atoms with E-state index in [1.54, 1.807) is 6.20 Å². The molecule has 2 N–H and O–H groups in total. The van der Waals surface area contributed by atoms with E-state index >= 15 is 0 Å². The fourth-order valence-electron chi connectivity index (χ4n) is 2.06. The summed E-state index contributed by atoms with van der Waals surface area (Å²) in [6, 6.07) is 15.0. The number of hydrogen-bond acceptors (Lipinski definition) is 3. The Balaban J connectivity index is 2.02. The van der Waals surface area contributed by atoms with Crippen molar-refractivity contribution < 1.29 is 9.90 Å². The van der Waals surface area contributed by atoms with Crippen LogP contribution in [0.2, 0.25) is 0 Å². The number of nitrogens with zero attached hydrogens (tertiary/aromatic N) is 1. The second-order valence-electron chi connectivity index (χ2n) is 4.69. The Kier molecular flexibility index (Phi) is 4.85. The molecule has 1 aromatic carbocycles. The Morgan fingerprint density at radius 1 is 1.20 bits per heavy atom. The van der Waals surface area contributed by atoms with Crippen LogP contribution in [0.4, 0.5) is 0 Å². The topological polar surface area (TPSA) is 62.2 Å². The van der Waals surface area contributed by atoms with E-state index in [-0.39, 0.29) is 6.04 Å². The Bertz CT molecular complexity index is 543. The molecule has 0 radical (unpaired) electrons. The number of benzene rings is 1. The van der Waals surface area contributed by atoms with Crippen LogP contribution in [-0.4, -0.2) is 22.6 Å². The van der Waals surface area contributed by atoms with Gasteiger partial charge < -0.3 is 10.4 Å². The second kappa shape index (κ2) is 6.82. The van der Waals surface area contributed by atoms with E-state index < -0.39 is 11.9 Å². The smallest absolute Gasteiger partial charge is 0.312 e. The van der Waals surface area contributed by atoms with E-state index in [0.29, 0.717) is 6.54 Å². The highest BCUT2D eigenvalue weighted by atomic mass is 16.4. The van der Waals surface area contributed by atoms with Gasteiger partial charge in [-0.3, -0.25) is 9.78 Å². The van der Waals surface area contributed by atoms with Gasteiger partial charge in [0.2, 0.25) is 0 Å². The molecule has 2 aromatic rings. The van der Waals surface area contributed by atoms with Gasteiger partial charge in [0.05, 0.1) is 11.6 Å². The lowest BCUT2D eigenvalue weighted by Crippen LogP contribution is -2.29. The van der Waals surface area contributed by atoms with E-state index in [2.05, 4.69) is 10.3 Å². The van der Waals surface area contributed by atoms with Crippen molar-refractivity contribution in [3.63, 3.8) is 0 Å². The van der Waals surface area contributed by atoms with Gasteiger partial charge in [-0.15, -0.1) is 0 Å². The Morgan fingerprint density at radius 2 is 1.90 bits per heavy atom. The first-order chi connectivity index (χ1) is 9.68. The van der Waals surface area contributed by atoms with Gasteiger partial charge in [-0.2, -0.15) is 0 Å². The molecule has 2 atom stereocenters. The summed E-state index contributed by atoms with van der Waals surface area (Å²) in [4.78, 5) is 15.7. The standard InChI is InChI=1S/C16H18N2O2/c1-12(15-9-5-6-10-17-15)18-11-14(16(19)20)13-7-3-2-4-8-13/h2-10,12,14,18H,11H2,1H3,(H,19,20). The van der Waals surface area contributed by atoms with Gasteiger partial charge in [0, 0.05) is 18.8 Å². The van der Waals surface area contributed by atoms with Gasteiger partial charge in [-0.1, -0.05) is 36.4 Å². The molecule has 0 aliphatic heterocycles. The van der Waals surface area contributed by atoms with Crippen LogP contribution < -0.4 is 5.32 Å². The molecule has 4 heteroatoms. The first kappa shape index (κ1) is 14.2. The van der Waals surface area contributed by atoms with Crippen molar-refractivity contribution in [2.45, 2.75) is 18.9 Å². The number of nitrogens with one attached hydrogen (secondary N) is 1. The molecule has 0 aliphatic rings. The number of carboxylic acids is 1. The molecule has 0 saturated heterocycles. The molecule has 104 valence electrons. The predicted octanol–water partition coefficient (Wildman–Crippen LogP) is 2.60. The normalized spacial score (nSPS) is 13.7. The molecule has 2 unspecified atom stereocenters. The van der Waals surface area contributed by atoms with Crippen LogP contribution in [0.25, 0.3) is 0 Å². The zero-order chi connectivity index (χ0) is 14.4. The van der Waals surface area contributed by atoms with Gasteiger partial charge in [0.15, 0.2) is 0 Å². The Labute approximate surface area is 118 Å². The van der Waals surface area contributed by atoms with Gasteiger partial charge in [0.25, 0.3) is 0 Å². The summed E-state index contributed by atoms with van der Waals surface area (Å²) in [7, 11) is 0. The lowest BCUT2D eigenvalue weighted by molar-refractivity contribution is -0.138. The van der Waals surface area contributed by atoms with E-state index in [9.17, 15) is 9.90 Å². The number of carboxylic acid groups (broad SMARTS) is 1. The predicted molar refractivity (Wildman–Crippen MR) is 77.5 cm³/mol. The van der Waals surface area contributed by atoms with Crippen molar-refractivity contribution in [1.29, 1.82) is 0 Å². The first-order valence-electron chi connectivity index (χ1n) is 6.60. The highest BCUT2D eigenvalue weighted by Crippen LogP contribution is 2.17. The minimum Gasteiger partial charge on any atom is -0.481 e. The minimum absolute atomic E-state index is 0.0155. The summed E-state index contributed by atoms with van der Waals surface area (Å²) in [5, 5.41) is 12.6. The molecular formula is C16H18N2O2. The summed E-state index contributed by atoms with van der Waals surface area (Å²) in [6.07, 6.45) is 1.74. The molecule has 1 aromatic heterocycles. The number of pyridine rings is 1. The quantitative estimate of drug-likeness (QED) is 0.847. The molecule has 0 fully saturated rings. The van der Waals surface area contributed by atoms with E-state index in [0.717, 1.165) is 11.3 Å². The highest BCUT2D eigenvalue weighted by molar-refractivity contribution is 5.76. The molecule has 1 heterocycles. The fraction of sp³-hybridized carbons (Fsp3) is 0.250. The van der Waals surface area contributed by atoms with Crippen LogP contribution in [0.5, 0.6) is 0 Å². The lowest BCUT2D eigenvalue weighted by Gasteiger charge is -2.18. The molecular weight excluding hydrogens is 252 g/mol. The summed E-state index contributed by atoms with van der Waals surface area (Å²) in [5.41, 5.74) is 1.71. The second-order valence-corrected chi connectivity index (χ2v) is 4.69. The van der Waals surface area contributed by atoms with Crippen molar-refractivity contribution in [1.82, 2.24) is 10.3 Å². The van der Waals surface area contributed by atoms with Crippen LogP contribution >= 0.6 is 0 Å². The Hall–Kier alpha value is -2.20. The van der Waals surface area contributed by atoms with Crippen molar-refractivity contribution in [2.24, 2.45) is 0 Å². The largest absolute Gasteiger partial charge is 0.481 e. The van der Waals surface area contributed by atoms with Gasteiger partial charge in [0.1, 0.15) is 0 Å². The van der Waals surface area contributed by atoms with Crippen LogP contribution in [0.1, 0.15) is 30.1 Å². The summed E-state index contributed by atoms with van der Waals surface area (Å²) in [6.45, 7) is 2.35. The van der Waals surface area contributed by atoms with Crippen LogP contribution in [-0.2, 0) is 4.79 Å². The number of rotatable bonds is 6. The first-order valence-corrected chi connectivity index (χ1v) is 6.60. The zero-order valence-corrected chi connectivity index (χ0v) is 11.4. The minimum atomic E-state index is -0.822. The van der Waals surface area contributed by atoms with Gasteiger partial charge >= 0.3 is 5.97 Å². The Morgan fingerprint density at radius 3 is 2.50 bits per heavy atom. The average Bonchev–Trinajstić information content (AvgIpc) is 2.49. The highest BCUT2D eigenvalue weighted by Gasteiger charge is 2.20. The molecule has 0 aliphatic carbocycles. The SMILES string of the molecule is CC(NCC(C(=O)O)c1ccccc1)c1ccccn1. The number of aromatic nitrogens is 1. The third-order valence-electron chi connectivity index (χ3n) is 3.26. The monoisotopic (exact) mass is 270 g/mol. The number of hydrogen-bond donors (Lipinski definition) is 2. The van der Waals surface area contributed by atoms with Crippen molar-refractivity contribution in [3.8, 4) is 0 Å². The van der Waals surface area contributed by atoms with Gasteiger partial charge in [-0.05, 0) is 24.6 Å². The zero-order valence-electron chi connectivity index (χ0n) is 11.4. The molecule has 0 spiro atoms. The van der Waals surface area contributed by atoms with E-state index in [1.165, 1.54) is 0 Å². The van der Waals surface area contributed by atoms with Crippen LogP contribution in [0.15, 0.2) is 54.7 Å². The molecule has 0 bridgehead atoms. The lowest BCUT2D eigenvalue weighted by atomic mass is 9.99. The maximum absolute atomic E-state index is 11.4. The number of carbonyl (C=O) groups is 1. The van der Waals surface area contributed by atoms with Crippen molar-refractivity contribution >= 4 is 5.97 Å². The number of aliphatic carboxylic acids is 1. The van der Waals surface area contributed by atoms with Crippen LogP contribution in [0.3, 0.4) is 0 Å². The maximum Gasteiger partial charge on any atom is 0.312 e. The van der Waals surface area contributed by atoms with E-state index in [1.807, 2.05) is 55.5 Å². The molecule has 2 rings (SSSR count). The fourth-order valence-corrected chi connectivity index (χ4v) is 2.06. The van der Waals surface area contributed by atoms with E-state index in [4.69, 9.17) is 0 Å². The molecule has 0 saturated carbocycles. The third kappa shape index (κ3) is 3.65. The summed E-state index contributed by atoms with van der Waals surface area (Å²) in [5.74, 6) is -1.38. The van der Waals surface area contributed by atoms with Crippen molar-refractivity contribution in [3.05, 3.63) is 66.0 Å².